The van der Waals surface area contributed by atoms with E-state index in [-0.39, 0.29) is 32.5 Å². The Balaban J connectivity index is 0.000000380. The monoisotopic (exact) mass is 394 g/mol. The van der Waals surface area contributed by atoms with E-state index in [1.54, 1.807) is 0 Å². The molecule has 0 bridgehead atoms. The molecule has 0 unspecified atom stereocenters. The average molecular weight is 394 g/mol. The molecule has 0 heterocycles. The van der Waals surface area contributed by atoms with Crippen LogP contribution >= 0.6 is 0 Å². The first-order chi connectivity index (χ1) is 11.9. The minimum atomic E-state index is 0. The van der Waals surface area contributed by atoms with Crippen LogP contribution in [0.25, 0.3) is 0 Å². The average Bonchev–Trinajstić information content (AvgIpc) is 2.88. The van der Waals surface area contributed by atoms with Crippen molar-refractivity contribution in [2.24, 2.45) is 10.8 Å². The SMILES string of the molecule is CC1=[C-]C(C)(C)C(C)=C1C.CC1=[C-]C(C)(C)C(C)=C1C.[Ti+2].c1ccccc#1. The molecule has 0 nitrogen and oxygen atoms in total. The van der Waals surface area contributed by atoms with Gasteiger partial charge >= 0.3 is 21.7 Å². The van der Waals surface area contributed by atoms with Crippen LogP contribution in [0.4, 0.5) is 0 Å². The first kappa shape index (κ1) is 25.7. The van der Waals surface area contributed by atoms with Crippen LogP contribution in [0.5, 0.6) is 0 Å². The molecule has 1 heteroatoms. The Morgan fingerprint density at radius 1 is 0.630 bits per heavy atom. The number of allylic oxidation sites excluding steroid dienone is 8. The number of hydrogen-bond donors (Lipinski definition) is 0. The van der Waals surface area contributed by atoms with Gasteiger partial charge in [-0.05, 0) is 12.1 Å². The molecule has 0 fully saturated rings. The maximum Gasteiger partial charge on any atom is 2.00 e. The Kier molecular flexibility index (Phi) is 9.82. The smallest absolute Gasteiger partial charge is 0.263 e. The molecule has 0 saturated heterocycles. The fraction of sp³-hybridized carbons (Fsp3) is 0.462. The van der Waals surface area contributed by atoms with E-state index < -0.39 is 0 Å². The van der Waals surface area contributed by atoms with E-state index in [1.807, 2.05) is 24.3 Å². The van der Waals surface area contributed by atoms with Crippen LogP contribution in [0.2, 0.25) is 0 Å². The fourth-order valence-corrected chi connectivity index (χ4v) is 3.12. The molecule has 0 spiro atoms. The molecule has 2 aliphatic carbocycles. The van der Waals surface area contributed by atoms with Crippen molar-refractivity contribution < 1.29 is 21.7 Å². The third-order valence-electron chi connectivity index (χ3n) is 5.68. The summed E-state index contributed by atoms with van der Waals surface area (Å²) in [6.07, 6.45) is 6.87. The van der Waals surface area contributed by atoms with Crippen molar-refractivity contribution in [2.75, 3.05) is 0 Å². The summed E-state index contributed by atoms with van der Waals surface area (Å²) < 4.78 is 0. The molecular formula is C26H34Ti. The summed E-state index contributed by atoms with van der Waals surface area (Å²) in [5, 5.41) is 0. The van der Waals surface area contributed by atoms with E-state index >= 15 is 0 Å². The van der Waals surface area contributed by atoms with Crippen LogP contribution in [0.3, 0.4) is 0 Å². The summed E-state index contributed by atoms with van der Waals surface area (Å²) in [5.41, 5.74) is 8.79. The molecule has 0 atom stereocenters. The van der Waals surface area contributed by atoms with Crippen molar-refractivity contribution in [1.29, 1.82) is 0 Å². The summed E-state index contributed by atoms with van der Waals surface area (Å²) in [7, 11) is 0. The van der Waals surface area contributed by atoms with Gasteiger partial charge in [-0.3, -0.25) is 12.2 Å². The molecule has 0 aromatic heterocycles. The summed E-state index contributed by atoms with van der Waals surface area (Å²) in [6, 6.07) is 13.0. The van der Waals surface area contributed by atoms with E-state index in [0.717, 1.165) is 0 Å². The largest absolute Gasteiger partial charge is 2.00 e. The Hall–Kier alpha value is -1.29. The zero-order valence-corrected chi connectivity index (χ0v) is 20.4. The van der Waals surface area contributed by atoms with Crippen molar-refractivity contribution >= 4 is 0 Å². The first-order valence-electron chi connectivity index (χ1n) is 9.33. The van der Waals surface area contributed by atoms with Gasteiger partial charge < -0.3 is 0 Å². The van der Waals surface area contributed by atoms with E-state index in [1.165, 1.54) is 33.4 Å². The maximum absolute atomic E-state index is 3.44. The molecule has 27 heavy (non-hydrogen) atoms. The molecule has 1 aromatic carbocycles. The Bertz CT molecular complexity index is 661. The minimum Gasteiger partial charge on any atom is -0.263 e. The maximum atomic E-state index is 3.44. The predicted molar refractivity (Wildman–Crippen MR) is 113 cm³/mol. The second-order valence-corrected chi connectivity index (χ2v) is 8.26. The van der Waals surface area contributed by atoms with Crippen LogP contribution in [0.15, 0.2) is 57.7 Å². The molecule has 0 N–H and O–H groups in total. The van der Waals surface area contributed by atoms with Gasteiger partial charge in [-0.15, -0.1) is 13.8 Å². The third-order valence-corrected chi connectivity index (χ3v) is 5.68. The molecule has 0 radical (unpaired) electrons. The van der Waals surface area contributed by atoms with E-state index in [0.29, 0.717) is 0 Å². The third kappa shape index (κ3) is 6.99. The van der Waals surface area contributed by atoms with Gasteiger partial charge in [0, 0.05) is 0 Å². The molecule has 0 amide bonds. The molecule has 3 rings (SSSR count). The molecule has 0 aliphatic heterocycles. The standard InChI is InChI=1S/2C10H15.C6H4.Ti/c2*1-7-6-10(4,5)9(3)8(7)2;1-2-4-6-5-3-1;/h2*1-5H3;1-4H;/q2*-1;;+2. The van der Waals surface area contributed by atoms with Gasteiger partial charge in [0.25, 0.3) is 0 Å². The normalized spacial score (nSPS) is 18.9. The first-order valence-corrected chi connectivity index (χ1v) is 9.33. The minimum absolute atomic E-state index is 0. The van der Waals surface area contributed by atoms with Gasteiger partial charge in [0.15, 0.2) is 0 Å². The number of hydrogen-bond acceptors (Lipinski definition) is 0. The van der Waals surface area contributed by atoms with Crippen LogP contribution in [-0.4, -0.2) is 0 Å². The fourth-order valence-electron chi connectivity index (χ4n) is 3.12. The number of rotatable bonds is 0. The van der Waals surface area contributed by atoms with Crippen LogP contribution < -0.4 is 0 Å². The van der Waals surface area contributed by atoms with Crippen molar-refractivity contribution in [3.63, 3.8) is 0 Å². The summed E-state index contributed by atoms with van der Waals surface area (Å²) >= 11 is 0. The topological polar surface area (TPSA) is 0 Å². The molecular weight excluding hydrogens is 360 g/mol. The van der Waals surface area contributed by atoms with Crippen molar-refractivity contribution in [3.8, 4) is 0 Å². The van der Waals surface area contributed by atoms with Gasteiger partial charge in [0.2, 0.25) is 0 Å². The van der Waals surface area contributed by atoms with E-state index in [4.69, 9.17) is 0 Å². The molecule has 1 aromatic rings. The quantitative estimate of drug-likeness (QED) is 0.315. The molecule has 0 saturated carbocycles. The molecule has 142 valence electrons. The van der Waals surface area contributed by atoms with Gasteiger partial charge in [-0.2, -0.15) is 22.3 Å². The predicted octanol–water partition coefficient (Wildman–Crippen LogP) is 7.51. The molecule has 2 aliphatic rings. The Morgan fingerprint density at radius 3 is 1.00 bits per heavy atom. The zero-order valence-electron chi connectivity index (χ0n) is 18.8. The van der Waals surface area contributed by atoms with Crippen molar-refractivity contribution in [2.45, 2.75) is 69.2 Å². The van der Waals surface area contributed by atoms with Crippen LogP contribution in [-0.2, 0) is 21.7 Å². The summed E-state index contributed by atoms with van der Waals surface area (Å²) in [6.45, 7) is 21.8. The van der Waals surface area contributed by atoms with Gasteiger partial charge in [-0.25, -0.2) is 11.1 Å². The second-order valence-electron chi connectivity index (χ2n) is 8.26. The van der Waals surface area contributed by atoms with Crippen molar-refractivity contribution in [1.82, 2.24) is 0 Å². The summed E-state index contributed by atoms with van der Waals surface area (Å²) in [5.74, 6) is 0. The van der Waals surface area contributed by atoms with Crippen LogP contribution in [0, 0.1) is 35.1 Å². The van der Waals surface area contributed by atoms with Crippen molar-refractivity contribution in [3.05, 3.63) is 82.0 Å². The van der Waals surface area contributed by atoms with E-state index in [9.17, 15) is 0 Å². The Morgan fingerprint density at radius 2 is 0.926 bits per heavy atom. The van der Waals surface area contributed by atoms with Crippen LogP contribution in [0.1, 0.15) is 69.2 Å². The van der Waals surface area contributed by atoms with Gasteiger partial charge in [0.1, 0.15) is 0 Å². The zero-order chi connectivity index (χ0) is 20.1. The van der Waals surface area contributed by atoms with Gasteiger partial charge in [0.05, 0.1) is 0 Å². The Labute approximate surface area is 183 Å². The van der Waals surface area contributed by atoms with E-state index in [2.05, 4.69) is 93.5 Å². The summed E-state index contributed by atoms with van der Waals surface area (Å²) in [4.78, 5) is 0. The van der Waals surface area contributed by atoms with Gasteiger partial charge in [-0.1, -0.05) is 90.5 Å². The second kappa shape index (κ2) is 10.3.